The lowest BCUT2D eigenvalue weighted by Crippen LogP contribution is -2.37. The highest BCUT2D eigenvalue weighted by Gasteiger charge is 2.27. The first kappa shape index (κ1) is 18.9. The number of aryl methyl sites for hydroxylation is 2. The maximum atomic E-state index is 15.1. The van der Waals surface area contributed by atoms with E-state index in [2.05, 4.69) is 11.6 Å². The van der Waals surface area contributed by atoms with Gasteiger partial charge >= 0.3 is 0 Å². The van der Waals surface area contributed by atoms with Crippen molar-refractivity contribution >= 4 is 28.3 Å². The SMILES string of the molecule is C=CC(=O)N(C)[C@H]1CCC=C(c2c(F)cc(C(N)=O)c3[nH]c(C)c(C)c23)C1. The van der Waals surface area contributed by atoms with E-state index in [9.17, 15) is 9.59 Å². The number of benzene rings is 1. The molecule has 0 unspecified atom stereocenters. The van der Waals surface area contributed by atoms with Gasteiger partial charge in [-0.1, -0.05) is 12.7 Å². The second kappa shape index (κ2) is 7.02. The van der Waals surface area contributed by atoms with Crippen molar-refractivity contribution in [3.63, 3.8) is 0 Å². The molecule has 6 heteroatoms. The Labute approximate surface area is 157 Å². The Morgan fingerprint density at radius 1 is 1.41 bits per heavy atom. The number of fused-ring (bicyclic) bond motifs is 1. The number of carbonyl (C=O) groups excluding carboxylic acids is 2. The third kappa shape index (κ3) is 3.16. The van der Waals surface area contributed by atoms with Crippen LogP contribution in [0.1, 0.15) is 46.4 Å². The maximum Gasteiger partial charge on any atom is 0.250 e. The van der Waals surface area contributed by atoms with Crippen molar-refractivity contribution in [1.29, 1.82) is 0 Å². The lowest BCUT2D eigenvalue weighted by atomic mass is 9.86. The van der Waals surface area contributed by atoms with E-state index in [0.717, 1.165) is 29.7 Å². The minimum atomic E-state index is -0.668. The Kier molecular flexibility index (Phi) is 4.91. The molecule has 0 spiro atoms. The maximum absolute atomic E-state index is 15.1. The molecule has 1 heterocycles. The number of hydrogen-bond acceptors (Lipinski definition) is 2. The summed E-state index contributed by atoms with van der Waals surface area (Å²) in [4.78, 5) is 28.6. The number of rotatable bonds is 4. The number of allylic oxidation sites excluding steroid dienone is 1. The van der Waals surface area contributed by atoms with E-state index in [1.165, 1.54) is 12.1 Å². The lowest BCUT2D eigenvalue weighted by Gasteiger charge is -2.31. The molecule has 27 heavy (non-hydrogen) atoms. The quantitative estimate of drug-likeness (QED) is 0.808. The minimum absolute atomic E-state index is 0.0267. The Bertz CT molecular complexity index is 987. The van der Waals surface area contributed by atoms with Crippen molar-refractivity contribution in [2.45, 2.75) is 39.2 Å². The molecule has 1 aliphatic carbocycles. The van der Waals surface area contributed by atoms with E-state index in [4.69, 9.17) is 5.73 Å². The fourth-order valence-corrected chi connectivity index (χ4v) is 3.88. The molecular formula is C21H24FN3O2. The number of nitrogens with two attached hydrogens (primary N) is 1. The summed E-state index contributed by atoms with van der Waals surface area (Å²) in [6.07, 6.45) is 5.41. The molecule has 1 aromatic carbocycles. The predicted octanol–water partition coefficient (Wildman–Crippen LogP) is 3.60. The van der Waals surface area contributed by atoms with E-state index in [1.807, 2.05) is 19.9 Å². The third-order valence-corrected chi connectivity index (χ3v) is 5.53. The molecule has 0 saturated carbocycles. The standard InChI is InChI=1S/C21H24FN3O2/c1-5-17(26)25(4)14-8-6-7-13(9-14)19-16(22)10-15(21(23)27)20-18(19)11(2)12(3)24-20/h5,7,10,14,24H,1,6,8-9H2,2-4H3,(H2,23,27)/t14-/m0/s1. The Balaban J connectivity index is 2.14. The van der Waals surface area contributed by atoms with Gasteiger partial charge in [-0.2, -0.15) is 0 Å². The minimum Gasteiger partial charge on any atom is -0.366 e. The highest BCUT2D eigenvalue weighted by atomic mass is 19.1. The average Bonchev–Trinajstić information content (AvgIpc) is 2.94. The molecule has 142 valence electrons. The molecule has 1 aliphatic rings. The molecule has 0 radical (unpaired) electrons. The number of carbonyl (C=O) groups is 2. The van der Waals surface area contributed by atoms with Gasteiger partial charge in [-0.25, -0.2) is 4.39 Å². The summed E-state index contributed by atoms with van der Waals surface area (Å²) in [6, 6.07) is 1.18. The van der Waals surface area contributed by atoms with Gasteiger partial charge in [-0.3, -0.25) is 9.59 Å². The highest BCUT2D eigenvalue weighted by molar-refractivity contribution is 6.09. The van der Waals surface area contributed by atoms with E-state index in [-0.39, 0.29) is 17.5 Å². The second-order valence-electron chi connectivity index (χ2n) is 7.09. The van der Waals surface area contributed by atoms with Gasteiger partial charge in [0.15, 0.2) is 0 Å². The molecule has 0 aliphatic heterocycles. The van der Waals surface area contributed by atoms with Crippen LogP contribution in [-0.2, 0) is 4.79 Å². The normalized spacial score (nSPS) is 16.9. The third-order valence-electron chi connectivity index (χ3n) is 5.53. The number of aromatic nitrogens is 1. The molecule has 0 fully saturated rings. The van der Waals surface area contributed by atoms with Crippen molar-refractivity contribution in [1.82, 2.24) is 9.88 Å². The summed E-state index contributed by atoms with van der Waals surface area (Å²) >= 11 is 0. The molecule has 0 bridgehead atoms. The Hall–Kier alpha value is -2.89. The molecule has 3 rings (SSSR count). The number of likely N-dealkylation sites (N-methyl/N-ethyl adjacent to an activating group) is 1. The molecule has 3 N–H and O–H groups in total. The fraction of sp³-hybridized carbons (Fsp3) is 0.333. The molecule has 0 saturated heterocycles. The van der Waals surface area contributed by atoms with Crippen molar-refractivity contribution in [3.8, 4) is 0 Å². The number of nitrogens with zero attached hydrogens (tertiary/aromatic N) is 1. The number of nitrogens with one attached hydrogen (secondary N) is 1. The van der Waals surface area contributed by atoms with E-state index in [0.29, 0.717) is 22.9 Å². The number of halogens is 1. The number of aromatic amines is 1. The summed E-state index contributed by atoms with van der Waals surface area (Å²) in [5.74, 6) is -1.29. The van der Waals surface area contributed by atoms with E-state index in [1.54, 1.807) is 11.9 Å². The summed E-state index contributed by atoms with van der Waals surface area (Å²) in [7, 11) is 1.74. The number of primary amides is 1. The fourth-order valence-electron chi connectivity index (χ4n) is 3.88. The van der Waals surface area contributed by atoms with Crippen LogP contribution in [0.3, 0.4) is 0 Å². The first-order chi connectivity index (χ1) is 12.8. The molecule has 1 atom stereocenters. The monoisotopic (exact) mass is 369 g/mol. The van der Waals surface area contributed by atoms with Gasteiger partial charge < -0.3 is 15.6 Å². The Morgan fingerprint density at radius 2 is 2.11 bits per heavy atom. The van der Waals surface area contributed by atoms with Gasteiger partial charge in [-0.15, -0.1) is 0 Å². The van der Waals surface area contributed by atoms with E-state index < -0.39 is 11.7 Å². The van der Waals surface area contributed by atoms with Gasteiger partial charge in [0.05, 0.1) is 11.1 Å². The summed E-state index contributed by atoms with van der Waals surface area (Å²) in [6.45, 7) is 7.32. The molecule has 2 amide bonds. The Morgan fingerprint density at radius 3 is 2.74 bits per heavy atom. The molecule has 2 aromatic rings. The number of H-pyrrole nitrogens is 1. The largest absolute Gasteiger partial charge is 0.366 e. The van der Waals surface area contributed by atoms with Crippen LogP contribution < -0.4 is 5.73 Å². The van der Waals surface area contributed by atoms with Crippen molar-refractivity contribution in [2.75, 3.05) is 7.05 Å². The van der Waals surface area contributed by atoms with Gasteiger partial charge in [0.2, 0.25) is 5.91 Å². The summed E-state index contributed by atoms with van der Waals surface area (Å²) in [5.41, 5.74) is 9.25. The first-order valence-corrected chi connectivity index (χ1v) is 8.96. The van der Waals surface area contributed by atoms with Gasteiger partial charge in [-0.05, 0) is 56.4 Å². The lowest BCUT2D eigenvalue weighted by molar-refractivity contribution is -0.126. The summed E-state index contributed by atoms with van der Waals surface area (Å²) in [5, 5.41) is 0.686. The van der Waals surface area contributed by atoms with Crippen LogP contribution in [0.15, 0.2) is 24.8 Å². The first-order valence-electron chi connectivity index (χ1n) is 8.96. The molecule has 5 nitrogen and oxygen atoms in total. The molecule has 1 aromatic heterocycles. The van der Waals surface area contributed by atoms with Crippen molar-refractivity contribution in [3.05, 3.63) is 53.0 Å². The average molecular weight is 369 g/mol. The zero-order chi connectivity index (χ0) is 19.9. The summed E-state index contributed by atoms with van der Waals surface area (Å²) < 4.78 is 15.1. The van der Waals surface area contributed by atoms with Crippen LogP contribution >= 0.6 is 0 Å². The van der Waals surface area contributed by atoms with Gasteiger partial charge in [0, 0.05) is 29.7 Å². The second-order valence-corrected chi connectivity index (χ2v) is 7.09. The van der Waals surface area contributed by atoms with Crippen LogP contribution in [0.5, 0.6) is 0 Å². The van der Waals surface area contributed by atoms with Crippen LogP contribution in [0.4, 0.5) is 4.39 Å². The van der Waals surface area contributed by atoms with Crippen LogP contribution in [0.2, 0.25) is 0 Å². The highest BCUT2D eigenvalue weighted by Crippen LogP contribution is 2.38. The number of amides is 2. The predicted molar refractivity (Wildman–Crippen MR) is 105 cm³/mol. The van der Waals surface area contributed by atoms with Crippen molar-refractivity contribution < 1.29 is 14.0 Å². The van der Waals surface area contributed by atoms with E-state index >= 15 is 4.39 Å². The smallest absolute Gasteiger partial charge is 0.250 e. The molecular weight excluding hydrogens is 345 g/mol. The van der Waals surface area contributed by atoms with Crippen LogP contribution in [-0.4, -0.2) is 34.8 Å². The zero-order valence-electron chi connectivity index (χ0n) is 15.9. The van der Waals surface area contributed by atoms with Gasteiger partial charge in [0.25, 0.3) is 5.91 Å². The van der Waals surface area contributed by atoms with Crippen LogP contribution in [0.25, 0.3) is 16.5 Å². The van der Waals surface area contributed by atoms with Crippen molar-refractivity contribution in [2.24, 2.45) is 5.73 Å². The topological polar surface area (TPSA) is 79.2 Å². The number of hydrogen-bond donors (Lipinski definition) is 2. The van der Waals surface area contributed by atoms with Crippen LogP contribution in [0, 0.1) is 19.7 Å². The van der Waals surface area contributed by atoms with Gasteiger partial charge in [0.1, 0.15) is 5.82 Å². The zero-order valence-corrected chi connectivity index (χ0v) is 15.9.